The molecule has 1 aliphatic heterocycles. The Morgan fingerprint density at radius 3 is 2.69 bits per heavy atom. The third kappa shape index (κ3) is 7.17. The van der Waals surface area contributed by atoms with Gasteiger partial charge in [-0.05, 0) is 60.9 Å². The SMILES string of the molecule is CC(C)([Si])[Si](C)(C)OC1CCCN(c2ccc(NC[C@H](O)CNC(=O)c3ccc(Cl)s3)c(F)c2)C1=O. The molecule has 3 rings (SSSR count). The molecule has 0 spiro atoms. The Bertz CT molecular complexity index is 1100. The number of hydrogen-bond donors (Lipinski definition) is 3. The third-order valence-corrected chi connectivity index (χ3v) is 13.3. The van der Waals surface area contributed by atoms with Gasteiger partial charge in [0.05, 0.1) is 21.0 Å². The van der Waals surface area contributed by atoms with E-state index in [2.05, 4.69) is 34.0 Å². The zero-order valence-corrected chi connectivity index (χ0v) is 24.4. The number of halogens is 2. The minimum absolute atomic E-state index is 0.00450. The molecular weight excluding hydrogens is 537 g/mol. The molecule has 0 aliphatic carbocycles. The highest BCUT2D eigenvalue weighted by Gasteiger charge is 2.42. The molecule has 2 amide bonds. The molecule has 1 unspecified atom stereocenters. The van der Waals surface area contributed by atoms with Crippen molar-refractivity contribution in [2.24, 2.45) is 0 Å². The molecule has 2 atom stereocenters. The predicted octanol–water partition coefficient (Wildman–Crippen LogP) is 4.37. The summed E-state index contributed by atoms with van der Waals surface area (Å²) in [5.41, 5.74) is 0.664. The molecule has 195 valence electrons. The summed E-state index contributed by atoms with van der Waals surface area (Å²) in [5, 5.41) is 15.7. The first kappa shape index (κ1) is 28.8. The molecule has 36 heavy (non-hydrogen) atoms. The van der Waals surface area contributed by atoms with Crippen LogP contribution in [-0.2, 0) is 9.22 Å². The van der Waals surface area contributed by atoms with E-state index in [1.807, 2.05) is 13.8 Å². The lowest BCUT2D eigenvalue weighted by Gasteiger charge is -2.41. The van der Waals surface area contributed by atoms with E-state index in [0.29, 0.717) is 27.9 Å². The van der Waals surface area contributed by atoms with Gasteiger partial charge in [-0.2, -0.15) is 0 Å². The lowest BCUT2D eigenvalue weighted by molar-refractivity contribution is -0.127. The molecular formula is C24H32ClFN3O4SSi2. The van der Waals surface area contributed by atoms with E-state index in [9.17, 15) is 19.1 Å². The van der Waals surface area contributed by atoms with Crippen LogP contribution in [0.4, 0.5) is 15.8 Å². The van der Waals surface area contributed by atoms with Crippen molar-refractivity contribution >= 4 is 64.7 Å². The topological polar surface area (TPSA) is 90.9 Å². The number of aliphatic hydroxyl groups is 1. The van der Waals surface area contributed by atoms with Gasteiger partial charge in [-0.25, -0.2) is 4.39 Å². The standard InChI is InChI=1S/C24H32ClFN3O4SSi2/c1-24(2,35)36(3,4)33-19-6-5-11-29(23(19)32)15-7-8-18(17(26)12-15)27-13-16(30)14-28-22(31)20-9-10-21(25)34-20/h7-10,12,16,19,27,30H,5-6,11,13-14H2,1-4H3,(H,28,31)/t16-,19?/m0/s1. The van der Waals surface area contributed by atoms with E-state index in [4.69, 9.17) is 16.0 Å². The van der Waals surface area contributed by atoms with Crippen LogP contribution in [0.25, 0.3) is 0 Å². The van der Waals surface area contributed by atoms with Crippen molar-refractivity contribution in [1.82, 2.24) is 5.32 Å². The number of piperidine rings is 1. The van der Waals surface area contributed by atoms with Crippen LogP contribution >= 0.6 is 22.9 Å². The molecule has 1 fully saturated rings. The summed E-state index contributed by atoms with van der Waals surface area (Å²) in [4.78, 5) is 27.3. The maximum atomic E-state index is 14.9. The van der Waals surface area contributed by atoms with Crippen LogP contribution in [0.5, 0.6) is 0 Å². The number of nitrogens with one attached hydrogen (secondary N) is 2. The molecule has 0 saturated carbocycles. The van der Waals surface area contributed by atoms with Gasteiger partial charge in [0.25, 0.3) is 11.8 Å². The summed E-state index contributed by atoms with van der Waals surface area (Å²) in [7, 11) is 1.54. The summed E-state index contributed by atoms with van der Waals surface area (Å²) >= 11 is 6.98. The van der Waals surface area contributed by atoms with Crippen LogP contribution < -0.4 is 15.5 Å². The Balaban J connectivity index is 1.56. The number of carbonyl (C=O) groups is 2. The fourth-order valence-electron chi connectivity index (χ4n) is 3.56. The second-order valence-electron chi connectivity index (χ2n) is 9.89. The molecule has 1 saturated heterocycles. The largest absolute Gasteiger partial charge is 0.405 e. The molecule has 2 heterocycles. The first-order chi connectivity index (χ1) is 16.8. The minimum atomic E-state index is -2.21. The van der Waals surface area contributed by atoms with Gasteiger partial charge >= 0.3 is 0 Å². The molecule has 2 aromatic rings. The van der Waals surface area contributed by atoms with Gasteiger partial charge in [-0.1, -0.05) is 25.4 Å². The Hall–Kier alpha value is -1.77. The smallest absolute Gasteiger partial charge is 0.261 e. The van der Waals surface area contributed by atoms with Crippen LogP contribution in [0.1, 0.15) is 36.4 Å². The van der Waals surface area contributed by atoms with Crippen molar-refractivity contribution < 1.29 is 23.5 Å². The van der Waals surface area contributed by atoms with Crippen LogP contribution in [0.15, 0.2) is 30.3 Å². The maximum Gasteiger partial charge on any atom is 0.261 e. The Labute approximate surface area is 224 Å². The van der Waals surface area contributed by atoms with Gasteiger partial charge in [0.15, 0.2) is 8.32 Å². The minimum Gasteiger partial charge on any atom is -0.405 e. The van der Waals surface area contributed by atoms with Gasteiger partial charge in [0.1, 0.15) is 11.9 Å². The number of nitrogens with zero attached hydrogens (tertiary/aromatic N) is 1. The number of hydrogen-bond acceptors (Lipinski definition) is 6. The average molecular weight is 569 g/mol. The number of carbonyl (C=O) groups excluding carboxylic acids is 2. The highest BCUT2D eigenvalue weighted by molar-refractivity contribution is 7.18. The van der Waals surface area contributed by atoms with Crippen molar-refractivity contribution in [3.63, 3.8) is 0 Å². The molecule has 1 aromatic heterocycles. The first-order valence-electron chi connectivity index (χ1n) is 11.8. The normalized spacial score (nSPS) is 17.7. The van der Waals surface area contributed by atoms with Gasteiger partial charge < -0.3 is 25.1 Å². The van der Waals surface area contributed by atoms with E-state index in [0.717, 1.165) is 17.8 Å². The summed E-state index contributed by atoms with van der Waals surface area (Å²) in [6.45, 7) is 8.77. The molecule has 1 aliphatic rings. The van der Waals surface area contributed by atoms with Crippen molar-refractivity contribution in [3.05, 3.63) is 45.4 Å². The Morgan fingerprint density at radius 1 is 1.36 bits per heavy atom. The molecule has 3 radical (unpaired) electrons. The second kappa shape index (κ2) is 11.7. The number of aliphatic hydroxyl groups excluding tert-OH is 1. The highest BCUT2D eigenvalue weighted by atomic mass is 35.5. The van der Waals surface area contributed by atoms with Gasteiger partial charge in [0.2, 0.25) is 0 Å². The number of amides is 2. The summed E-state index contributed by atoms with van der Waals surface area (Å²) in [6.07, 6.45) is -0.0757. The van der Waals surface area contributed by atoms with E-state index < -0.39 is 26.3 Å². The van der Waals surface area contributed by atoms with Crippen molar-refractivity contribution in [2.75, 3.05) is 29.9 Å². The van der Waals surface area contributed by atoms with E-state index in [1.54, 1.807) is 29.2 Å². The van der Waals surface area contributed by atoms with Crippen molar-refractivity contribution in [3.8, 4) is 0 Å². The molecule has 3 N–H and O–H groups in total. The van der Waals surface area contributed by atoms with E-state index >= 15 is 0 Å². The van der Waals surface area contributed by atoms with E-state index in [1.165, 1.54) is 6.07 Å². The second-order valence-corrected chi connectivity index (χ2v) is 17.9. The fraction of sp³-hybridized carbons (Fsp3) is 0.500. The Morgan fingerprint density at radius 2 is 2.08 bits per heavy atom. The number of anilines is 2. The van der Waals surface area contributed by atoms with Gasteiger partial charge in [-0.3, -0.25) is 9.59 Å². The molecule has 0 bridgehead atoms. The van der Waals surface area contributed by atoms with Crippen LogP contribution in [0, 0.1) is 5.82 Å². The van der Waals surface area contributed by atoms with Crippen LogP contribution in [-0.4, -0.2) is 67.3 Å². The summed E-state index contributed by atoms with van der Waals surface area (Å²) in [5.74, 6) is -1.03. The van der Waals surface area contributed by atoms with E-state index in [-0.39, 0.29) is 35.3 Å². The first-order valence-corrected chi connectivity index (χ1v) is 16.4. The van der Waals surface area contributed by atoms with Crippen LogP contribution in [0.2, 0.25) is 22.1 Å². The third-order valence-electron chi connectivity index (χ3n) is 6.42. The van der Waals surface area contributed by atoms with Crippen molar-refractivity contribution in [2.45, 2.75) is 56.7 Å². The highest BCUT2D eigenvalue weighted by Crippen LogP contribution is 2.36. The summed E-state index contributed by atoms with van der Waals surface area (Å²) in [6, 6.07) is 7.77. The van der Waals surface area contributed by atoms with Gasteiger partial charge in [0, 0.05) is 35.6 Å². The lowest BCUT2D eigenvalue weighted by Crippen LogP contribution is -2.53. The zero-order valence-electron chi connectivity index (χ0n) is 20.9. The predicted molar refractivity (Wildman–Crippen MR) is 146 cm³/mol. The van der Waals surface area contributed by atoms with Crippen LogP contribution in [0.3, 0.4) is 0 Å². The number of rotatable bonds is 10. The van der Waals surface area contributed by atoms with Crippen molar-refractivity contribution in [1.29, 1.82) is 0 Å². The monoisotopic (exact) mass is 568 g/mol. The maximum absolute atomic E-state index is 14.9. The Kier molecular flexibility index (Phi) is 9.39. The quantitative estimate of drug-likeness (QED) is 0.370. The number of benzene rings is 1. The molecule has 1 aromatic carbocycles. The molecule has 7 nitrogen and oxygen atoms in total. The van der Waals surface area contributed by atoms with Gasteiger partial charge in [-0.15, -0.1) is 11.3 Å². The number of thiophene rings is 1. The molecule has 12 heteroatoms. The fourth-order valence-corrected chi connectivity index (χ4v) is 5.92. The zero-order chi connectivity index (χ0) is 26.7. The lowest BCUT2D eigenvalue weighted by atomic mass is 10.1. The average Bonchev–Trinajstić information content (AvgIpc) is 3.23. The summed E-state index contributed by atoms with van der Waals surface area (Å²) < 4.78 is 21.5.